The van der Waals surface area contributed by atoms with E-state index in [9.17, 15) is 18.0 Å². The van der Waals surface area contributed by atoms with Crippen LogP contribution < -0.4 is 10.9 Å². The van der Waals surface area contributed by atoms with E-state index in [1.807, 2.05) is 6.92 Å². The first-order valence-corrected chi connectivity index (χ1v) is 6.39. The molecule has 1 heterocycles. The van der Waals surface area contributed by atoms with Gasteiger partial charge in [0.2, 0.25) is 0 Å². The van der Waals surface area contributed by atoms with Crippen LogP contribution in [0.1, 0.15) is 19.8 Å². The number of hydrogen-bond acceptors (Lipinski definition) is 4. The van der Waals surface area contributed by atoms with Gasteiger partial charge >= 0.3 is 6.18 Å². The Balaban J connectivity index is 2.78. The van der Waals surface area contributed by atoms with Crippen molar-refractivity contribution in [3.63, 3.8) is 0 Å². The molecule has 1 aromatic rings. The number of halogens is 4. The van der Waals surface area contributed by atoms with Crippen LogP contribution in [-0.2, 0) is 6.54 Å². The van der Waals surface area contributed by atoms with Gasteiger partial charge in [-0.1, -0.05) is 24.9 Å². The Kier molecular flexibility index (Phi) is 5.82. The van der Waals surface area contributed by atoms with E-state index in [-0.39, 0.29) is 10.7 Å². The molecule has 0 aliphatic carbocycles. The number of aryl methyl sites for hydroxylation is 1. The van der Waals surface area contributed by atoms with Crippen molar-refractivity contribution in [3.8, 4) is 0 Å². The Morgan fingerprint density at radius 1 is 1.55 bits per heavy atom. The van der Waals surface area contributed by atoms with Crippen molar-refractivity contribution < 1.29 is 18.3 Å². The zero-order valence-electron chi connectivity index (χ0n) is 10.7. The summed E-state index contributed by atoms with van der Waals surface area (Å²) in [7, 11) is 0. The molecule has 20 heavy (non-hydrogen) atoms. The van der Waals surface area contributed by atoms with Crippen LogP contribution in [0, 0.1) is 0 Å². The molecular formula is C11H15ClF3N3O2. The van der Waals surface area contributed by atoms with Crippen LogP contribution in [0.5, 0.6) is 0 Å². The van der Waals surface area contributed by atoms with Crippen molar-refractivity contribution in [2.24, 2.45) is 0 Å². The molecule has 0 fully saturated rings. The SMILES string of the molecule is CCCCn1ncc(NCC(O)C(F)(F)F)c(Cl)c1=O. The second-order valence-corrected chi connectivity index (χ2v) is 4.57. The smallest absolute Gasteiger partial charge is 0.382 e. The number of aliphatic hydroxyl groups is 1. The molecule has 2 N–H and O–H groups in total. The maximum absolute atomic E-state index is 12.1. The fourth-order valence-electron chi connectivity index (χ4n) is 1.38. The predicted octanol–water partition coefficient (Wildman–Crippen LogP) is 2.03. The van der Waals surface area contributed by atoms with Crippen LogP contribution in [-0.4, -0.2) is 33.7 Å². The summed E-state index contributed by atoms with van der Waals surface area (Å²) in [5.74, 6) is 0. The van der Waals surface area contributed by atoms with Crippen molar-refractivity contribution in [1.29, 1.82) is 0 Å². The molecule has 1 unspecified atom stereocenters. The fourth-order valence-corrected chi connectivity index (χ4v) is 1.59. The van der Waals surface area contributed by atoms with Crippen LogP contribution in [0.4, 0.5) is 18.9 Å². The number of aromatic nitrogens is 2. The number of aliphatic hydroxyl groups excluding tert-OH is 1. The second-order valence-electron chi connectivity index (χ2n) is 4.19. The van der Waals surface area contributed by atoms with Crippen LogP contribution >= 0.6 is 11.6 Å². The lowest BCUT2D eigenvalue weighted by Crippen LogP contribution is -2.35. The Bertz CT molecular complexity index is 505. The zero-order valence-corrected chi connectivity index (χ0v) is 11.5. The third-order valence-electron chi connectivity index (χ3n) is 2.57. The first-order valence-electron chi connectivity index (χ1n) is 6.01. The van der Waals surface area contributed by atoms with Gasteiger partial charge in [0.05, 0.1) is 11.9 Å². The van der Waals surface area contributed by atoms with Gasteiger partial charge in [0.1, 0.15) is 5.02 Å². The third kappa shape index (κ3) is 4.38. The summed E-state index contributed by atoms with van der Waals surface area (Å²) in [6.07, 6.45) is -4.50. The molecule has 9 heteroatoms. The van der Waals surface area contributed by atoms with Gasteiger partial charge in [0.25, 0.3) is 5.56 Å². The zero-order chi connectivity index (χ0) is 15.3. The van der Waals surface area contributed by atoms with E-state index < -0.39 is 24.4 Å². The van der Waals surface area contributed by atoms with E-state index in [0.29, 0.717) is 6.54 Å². The lowest BCUT2D eigenvalue weighted by molar-refractivity contribution is -0.198. The standard InChI is InChI=1S/C11H15ClF3N3O2/c1-2-3-4-18-10(20)9(12)7(5-17-18)16-6-8(19)11(13,14)15/h5,8,16,19H,2-4,6H2,1H3. The van der Waals surface area contributed by atoms with E-state index in [4.69, 9.17) is 16.7 Å². The molecule has 0 spiro atoms. The first kappa shape index (κ1) is 16.8. The van der Waals surface area contributed by atoms with E-state index >= 15 is 0 Å². The summed E-state index contributed by atoms with van der Waals surface area (Å²) in [5, 5.41) is 14.7. The summed E-state index contributed by atoms with van der Waals surface area (Å²) in [6, 6.07) is 0. The number of hydrogen-bond donors (Lipinski definition) is 2. The summed E-state index contributed by atoms with van der Waals surface area (Å²) in [6.45, 7) is 1.53. The van der Waals surface area contributed by atoms with Crippen molar-refractivity contribution in [2.75, 3.05) is 11.9 Å². The average Bonchev–Trinajstić information content (AvgIpc) is 2.38. The largest absolute Gasteiger partial charge is 0.416 e. The highest BCUT2D eigenvalue weighted by atomic mass is 35.5. The van der Waals surface area contributed by atoms with Gasteiger partial charge in [-0.25, -0.2) is 4.68 Å². The lowest BCUT2D eigenvalue weighted by atomic mass is 10.3. The number of nitrogens with one attached hydrogen (secondary N) is 1. The number of nitrogens with zero attached hydrogens (tertiary/aromatic N) is 2. The first-order chi connectivity index (χ1) is 9.27. The topological polar surface area (TPSA) is 67.2 Å². The minimum atomic E-state index is -4.73. The van der Waals surface area contributed by atoms with Gasteiger partial charge in [-0.05, 0) is 6.42 Å². The van der Waals surface area contributed by atoms with Gasteiger partial charge in [0.15, 0.2) is 6.10 Å². The Hall–Kier alpha value is -1.28. The summed E-state index contributed by atoms with van der Waals surface area (Å²) >= 11 is 5.78. The highest BCUT2D eigenvalue weighted by Gasteiger charge is 2.37. The molecule has 0 amide bonds. The monoisotopic (exact) mass is 313 g/mol. The molecule has 1 aromatic heterocycles. The molecule has 0 aliphatic rings. The Morgan fingerprint density at radius 3 is 2.75 bits per heavy atom. The highest BCUT2D eigenvalue weighted by Crippen LogP contribution is 2.21. The van der Waals surface area contributed by atoms with E-state index in [1.54, 1.807) is 0 Å². The van der Waals surface area contributed by atoms with Gasteiger partial charge < -0.3 is 10.4 Å². The third-order valence-corrected chi connectivity index (χ3v) is 2.94. The molecule has 0 aromatic carbocycles. The number of alkyl halides is 3. The molecule has 0 radical (unpaired) electrons. The lowest BCUT2D eigenvalue weighted by Gasteiger charge is -2.16. The van der Waals surface area contributed by atoms with Crippen molar-refractivity contribution in [2.45, 2.75) is 38.6 Å². The second kappa shape index (κ2) is 6.94. The molecule has 5 nitrogen and oxygen atoms in total. The minimum Gasteiger partial charge on any atom is -0.382 e. The van der Waals surface area contributed by atoms with Crippen LogP contribution in [0.3, 0.4) is 0 Å². The molecule has 0 saturated heterocycles. The minimum absolute atomic E-state index is 0.0345. The molecule has 1 rings (SSSR count). The van der Waals surface area contributed by atoms with Crippen molar-refractivity contribution in [3.05, 3.63) is 21.6 Å². The maximum atomic E-state index is 12.1. The molecule has 1 atom stereocenters. The molecule has 0 saturated carbocycles. The summed E-state index contributed by atoms with van der Waals surface area (Å²) < 4.78 is 37.5. The van der Waals surface area contributed by atoms with E-state index in [0.717, 1.165) is 17.5 Å². The van der Waals surface area contributed by atoms with Crippen LogP contribution in [0.25, 0.3) is 0 Å². The van der Waals surface area contributed by atoms with Gasteiger partial charge in [0, 0.05) is 13.1 Å². The average molecular weight is 314 g/mol. The quantitative estimate of drug-likeness (QED) is 0.843. The number of anilines is 1. The van der Waals surface area contributed by atoms with Crippen molar-refractivity contribution >= 4 is 17.3 Å². The summed E-state index contributed by atoms with van der Waals surface area (Å²) in [5.41, 5.74) is -0.612. The van der Waals surface area contributed by atoms with E-state index in [1.165, 1.54) is 6.20 Å². The van der Waals surface area contributed by atoms with Gasteiger partial charge in [-0.2, -0.15) is 18.3 Å². The molecular weight excluding hydrogens is 299 g/mol. The van der Waals surface area contributed by atoms with E-state index in [2.05, 4.69) is 10.4 Å². The summed E-state index contributed by atoms with van der Waals surface area (Å²) in [4.78, 5) is 11.8. The maximum Gasteiger partial charge on any atom is 0.416 e. The highest BCUT2D eigenvalue weighted by molar-refractivity contribution is 6.32. The van der Waals surface area contributed by atoms with Gasteiger partial charge in [-0.3, -0.25) is 4.79 Å². The molecule has 114 valence electrons. The Morgan fingerprint density at radius 2 is 2.20 bits per heavy atom. The Labute approximate surface area is 118 Å². The van der Waals surface area contributed by atoms with Gasteiger partial charge in [-0.15, -0.1) is 0 Å². The molecule has 0 bridgehead atoms. The number of rotatable bonds is 6. The molecule has 0 aliphatic heterocycles. The number of unbranched alkanes of at least 4 members (excludes halogenated alkanes) is 1. The fraction of sp³-hybridized carbons (Fsp3) is 0.636. The van der Waals surface area contributed by atoms with Crippen LogP contribution in [0.15, 0.2) is 11.0 Å². The van der Waals surface area contributed by atoms with Crippen molar-refractivity contribution in [1.82, 2.24) is 9.78 Å². The van der Waals surface area contributed by atoms with Crippen LogP contribution in [0.2, 0.25) is 5.02 Å². The predicted molar refractivity (Wildman–Crippen MR) is 69.0 cm³/mol. The normalized spacial score (nSPS) is 13.3.